The molecule has 1 aliphatic rings. The van der Waals surface area contributed by atoms with Gasteiger partial charge in [0, 0.05) is 44.2 Å². The van der Waals surface area contributed by atoms with Crippen molar-refractivity contribution in [2.45, 2.75) is 18.0 Å². The molecule has 0 atom stereocenters. The number of hydrogen-bond donors (Lipinski definition) is 3. The number of anilines is 3. The van der Waals surface area contributed by atoms with Gasteiger partial charge in [-0.25, -0.2) is 28.2 Å². The first-order valence-electron chi connectivity index (χ1n) is 13.0. The fourth-order valence-corrected chi connectivity index (χ4v) is 4.97. The number of carboxylic acids is 1. The molecule has 0 radical (unpaired) electrons. The van der Waals surface area contributed by atoms with Crippen molar-refractivity contribution in [1.82, 2.24) is 24.3 Å². The number of aryl methyl sites for hydroxylation is 1. The summed E-state index contributed by atoms with van der Waals surface area (Å²) in [5.41, 5.74) is 9.68. The number of sulfone groups is 1. The van der Waals surface area contributed by atoms with Gasteiger partial charge in [-0.3, -0.25) is 9.20 Å². The van der Waals surface area contributed by atoms with E-state index in [0.29, 0.717) is 22.7 Å². The van der Waals surface area contributed by atoms with Crippen LogP contribution >= 0.6 is 0 Å². The zero-order valence-corrected chi connectivity index (χ0v) is 24.6. The summed E-state index contributed by atoms with van der Waals surface area (Å²) in [6.45, 7) is 5.70. The third-order valence-electron chi connectivity index (χ3n) is 6.76. The molecule has 4 heterocycles. The molecule has 1 saturated heterocycles. The van der Waals surface area contributed by atoms with E-state index in [0.717, 1.165) is 43.7 Å². The molecule has 3 aromatic heterocycles. The highest BCUT2D eigenvalue weighted by atomic mass is 32.2. The average molecular weight is 635 g/mol. The fraction of sp³-hybridized carbons (Fsp3) is 0.296. The summed E-state index contributed by atoms with van der Waals surface area (Å²) < 4.78 is 57.6. The lowest BCUT2D eigenvalue weighted by Gasteiger charge is -2.33. The number of piperazine rings is 1. The number of nitrogen functional groups attached to an aromatic ring is 1. The molecule has 0 saturated carbocycles. The largest absolute Gasteiger partial charge is 0.490 e. The molecular formula is C27H29F3N8O5S. The van der Waals surface area contributed by atoms with Crippen LogP contribution in [0.4, 0.5) is 30.5 Å². The van der Waals surface area contributed by atoms with Crippen molar-refractivity contribution in [3.8, 4) is 11.3 Å². The average Bonchev–Trinajstić information content (AvgIpc) is 3.38. The van der Waals surface area contributed by atoms with E-state index >= 15 is 0 Å². The van der Waals surface area contributed by atoms with Gasteiger partial charge in [0.1, 0.15) is 11.5 Å². The smallest absolute Gasteiger partial charge is 0.475 e. The lowest BCUT2D eigenvalue weighted by molar-refractivity contribution is -0.192. The van der Waals surface area contributed by atoms with E-state index in [-0.39, 0.29) is 16.4 Å². The van der Waals surface area contributed by atoms with Gasteiger partial charge in [0.25, 0.3) is 5.91 Å². The topological polar surface area (TPSA) is 176 Å². The first kappa shape index (κ1) is 32.2. The number of benzene rings is 1. The molecule has 4 aromatic rings. The van der Waals surface area contributed by atoms with Crippen LogP contribution in [0.25, 0.3) is 16.9 Å². The van der Waals surface area contributed by atoms with Crippen molar-refractivity contribution in [3.05, 3.63) is 60.2 Å². The number of nitrogens with one attached hydrogen (secondary N) is 1. The summed E-state index contributed by atoms with van der Waals surface area (Å²) >= 11 is 0. The number of halogens is 3. The molecule has 0 bridgehead atoms. The maximum absolute atomic E-state index is 13.1. The van der Waals surface area contributed by atoms with Crippen LogP contribution in [-0.2, 0) is 14.6 Å². The summed E-state index contributed by atoms with van der Waals surface area (Å²) in [5.74, 6) is -2.76. The van der Waals surface area contributed by atoms with Gasteiger partial charge in [-0.15, -0.1) is 0 Å². The molecule has 17 heteroatoms. The number of carbonyl (C=O) groups excluding carboxylic acids is 1. The van der Waals surface area contributed by atoms with Gasteiger partial charge in [-0.05, 0) is 43.8 Å². The van der Waals surface area contributed by atoms with E-state index in [1.807, 2.05) is 13.0 Å². The van der Waals surface area contributed by atoms with Crippen molar-refractivity contribution in [2.24, 2.45) is 0 Å². The van der Waals surface area contributed by atoms with E-state index in [1.54, 1.807) is 41.1 Å². The van der Waals surface area contributed by atoms with E-state index in [2.05, 4.69) is 37.1 Å². The molecular weight excluding hydrogens is 605 g/mol. The Morgan fingerprint density at radius 3 is 2.27 bits per heavy atom. The first-order valence-corrected chi connectivity index (χ1v) is 14.9. The minimum atomic E-state index is -5.08. The predicted octanol–water partition coefficient (Wildman–Crippen LogP) is 2.72. The minimum absolute atomic E-state index is 0.0751. The Hall–Kier alpha value is -4.77. The Labute approximate surface area is 250 Å². The molecule has 1 aromatic carbocycles. The Bertz CT molecular complexity index is 1800. The maximum atomic E-state index is 13.1. The van der Waals surface area contributed by atoms with Crippen molar-refractivity contribution in [2.75, 3.05) is 55.4 Å². The van der Waals surface area contributed by atoms with E-state index in [1.165, 1.54) is 6.20 Å². The predicted molar refractivity (Wildman–Crippen MR) is 156 cm³/mol. The number of hydrogen-bond acceptors (Lipinski definition) is 10. The second kappa shape index (κ2) is 12.5. The molecule has 1 fully saturated rings. The van der Waals surface area contributed by atoms with Crippen LogP contribution in [0.3, 0.4) is 0 Å². The zero-order valence-electron chi connectivity index (χ0n) is 23.8. The minimum Gasteiger partial charge on any atom is -0.475 e. The lowest BCUT2D eigenvalue weighted by Crippen LogP contribution is -2.44. The van der Waals surface area contributed by atoms with Gasteiger partial charge >= 0.3 is 12.1 Å². The SMILES string of the molecule is Cc1ccc(S(C)(=O)=O)cc1-c1cnc2c(N)nc(C(=O)Nc3ccc(N4CCN(C)CC4)cn3)cn12.O=C(O)C(F)(F)F. The highest BCUT2D eigenvalue weighted by Crippen LogP contribution is 2.29. The van der Waals surface area contributed by atoms with Gasteiger partial charge < -0.3 is 26.0 Å². The number of amides is 1. The summed E-state index contributed by atoms with van der Waals surface area (Å²) in [5, 5.41) is 9.90. The second-order valence-electron chi connectivity index (χ2n) is 10.0. The monoisotopic (exact) mass is 634 g/mol. The molecule has 234 valence electrons. The molecule has 5 rings (SSSR count). The van der Waals surface area contributed by atoms with Crippen LogP contribution in [0.1, 0.15) is 16.1 Å². The number of rotatable bonds is 5. The molecule has 1 aliphatic heterocycles. The fourth-order valence-electron chi connectivity index (χ4n) is 4.32. The standard InChI is InChI=1S/C25H28N8O3S.C2HF3O2/c1-16-4-6-18(37(3,35)36)12-19(16)21-14-28-24-23(26)29-20(15-33(21)24)25(34)30-22-7-5-17(13-27-22)32-10-8-31(2)9-11-32;3-2(4,5)1(6)7/h4-7,12-15H,8-11H2,1-3H3,(H2,26,29)(H,27,30,34);(H,6,7). The van der Waals surface area contributed by atoms with Crippen LogP contribution in [0.2, 0.25) is 0 Å². The second-order valence-corrected chi connectivity index (χ2v) is 12.1. The first-order chi connectivity index (χ1) is 20.5. The number of imidazole rings is 1. The number of aliphatic carboxylic acids is 1. The molecule has 1 amide bonds. The maximum Gasteiger partial charge on any atom is 0.490 e. The molecule has 13 nitrogen and oxygen atoms in total. The van der Waals surface area contributed by atoms with Crippen molar-refractivity contribution in [3.63, 3.8) is 0 Å². The Morgan fingerprint density at radius 2 is 1.70 bits per heavy atom. The molecule has 44 heavy (non-hydrogen) atoms. The summed E-state index contributed by atoms with van der Waals surface area (Å²) in [6.07, 6.45) is 0.944. The van der Waals surface area contributed by atoms with E-state index in [9.17, 15) is 26.4 Å². The molecule has 0 aliphatic carbocycles. The van der Waals surface area contributed by atoms with Gasteiger partial charge in [0.2, 0.25) is 0 Å². The lowest BCUT2D eigenvalue weighted by atomic mass is 10.1. The van der Waals surface area contributed by atoms with Crippen molar-refractivity contribution < 1.29 is 36.3 Å². The number of likely N-dealkylation sites (N-methyl/N-ethyl adjacent to an activating group) is 1. The molecule has 0 spiro atoms. The number of nitrogens with zero attached hydrogens (tertiary/aromatic N) is 6. The van der Waals surface area contributed by atoms with Crippen molar-refractivity contribution >= 4 is 44.7 Å². The Kier molecular flexibility index (Phi) is 9.10. The van der Waals surface area contributed by atoms with Gasteiger partial charge in [-0.1, -0.05) is 6.07 Å². The molecule has 0 unspecified atom stereocenters. The number of carboxylic acid groups (broad SMARTS) is 1. The highest BCUT2D eigenvalue weighted by molar-refractivity contribution is 7.90. The summed E-state index contributed by atoms with van der Waals surface area (Å²) in [4.78, 5) is 39.7. The highest BCUT2D eigenvalue weighted by Gasteiger charge is 2.38. The molecule has 4 N–H and O–H groups in total. The van der Waals surface area contributed by atoms with Gasteiger partial charge in [0.15, 0.2) is 21.3 Å². The quantitative estimate of drug-likeness (QED) is 0.294. The third kappa shape index (κ3) is 7.41. The number of alkyl halides is 3. The summed E-state index contributed by atoms with van der Waals surface area (Å²) in [7, 11) is -1.30. The summed E-state index contributed by atoms with van der Waals surface area (Å²) in [6, 6.07) is 8.59. The Balaban J connectivity index is 0.000000566. The number of fused-ring (bicyclic) bond motifs is 1. The number of nitrogens with two attached hydrogens (primary N) is 1. The normalized spacial score (nSPS) is 14.2. The van der Waals surface area contributed by atoms with E-state index < -0.39 is 27.9 Å². The Morgan fingerprint density at radius 1 is 1.05 bits per heavy atom. The van der Waals surface area contributed by atoms with Gasteiger partial charge in [-0.2, -0.15) is 13.2 Å². The number of carbonyl (C=O) groups is 2. The van der Waals surface area contributed by atoms with E-state index in [4.69, 9.17) is 15.6 Å². The third-order valence-corrected chi connectivity index (χ3v) is 7.87. The van der Waals surface area contributed by atoms with Crippen LogP contribution in [0, 0.1) is 6.92 Å². The van der Waals surface area contributed by atoms with Gasteiger partial charge in [0.05, 0.1) is 28.7 Å². The zero-order chi connectivity index (χ0) is 32.4. The number of aromatic nitrogens is 4. The number of pyridine rings is 1. The van der Waals surface area contributed by atoms with Crippen LogP contribution in [0.5, 0.6) is 0 Å². The van der Waals surface area contributed by atoms with Crippen LogP contribution < -0.4 is 16.0 Å². The van der Waals surface area contributed by atoms with Crippen molar-refractivity contribution in [1.29, 1.82) is 0 Å². The van der Waals surface area contributed by atoms with Crippen LogP contribution in [0.15, 0.2) is 53.8 Å². The van der Waals surface area contributed by atoms with Crippen LogP contribution in [-0.4, -0.2) is 95.3 Å².